The second-order valence-corrected chi connectivity index (χ2v) is 3.98. The molecule has 0 bridgehead atoms. The summed E-state index contributed by atoms with van der Waals surface area (Å²) in [5.41, 5.74) is 1.000. The van der Waals surface area contributed by atoms with Crippen molar-refractivity contribution in [2.75, 3.05) is 25.1 Å². The molecule has 1 aromatic rings. The minimum Gasteiger partial charge on any atom is -0.381 e. The van der Waals surface area contributed by atoms with E-state index in [1.165, 1.54) is 0 Å². The molecule has 1 aliphatic rings. The largest absolute Gasteiger partial charge is 0.381 e. The first-order chi connectivity index (χ1) is 8.34. The summed E-state index contributed by atoms with van der Waals surface area (Å²) in [6.07, 6.45) is 3.90. The molecule has 96 valence electrons. The third kappa shape index (κ3) is 5.13. The molecule has 0 amide bonds. The van der Waals surface area contributed by atoms with Crippen LogP contribution in [0.5, 0.6) is 0 Å². The molecule has 0 radical (unpaired) electrons. The van der Waals surface area contributed by atoms with Gasteiger partial charge in [0, 0.05) is 31.5 Å². The standard InChI is InChI=1S/C11H17N3O.C2H6/c1-9-6-11(14-8-13-9)12-7-10-2-4-15-5-3-10;1-2/h6,8,10H,2-5,7H2,1H3,(H,12,13,14);1-2H3. The summed E-state index contributed by atoms with van der Waals surface area (Å²) in [6.45, 7) is 8.76. The summed E-state index contributed by atoms with van der Waals surface area (Å²) in [7, 11) is 0. The SMILES string of the molecule is CC.Cc1cc(NCC2CCOCC2)ncn1. The fraction of sp³-hybridized carbons (Fsp3) is 0.692. The number of rotatable bonds is 3. The smallest absolute Gasteiger partial charge is 0.129 e. The molecular formula is C13H23N3O. The van der Waals surface area contributed by atoms with Crippen LogP contribution in [0.3, 0.4) is 0 Å². The normalized spacial score (nSPS) is 15.9. The van der Waals surface area contributed by atoms with Gasteiger partial charge < -0.3 is 10.1 Å². The Kier molecular flexibility index (Phi) is 6.55. The maximum Gasteiger partial charge on any atom is 0.129 e. The first-order valence-corrected chi connectivity index (χ1v) is 6.45. The zero-order valence-electron chi connectivity index (χ0n) is 11.1. The van der Waals surface area contributed by atoms with Crippen LogP contribution in [0.2, 0.25) is 0 Å². The summed E-state index contributed by atoms with van der Waals surface area (Å²) in [4.78, 5) is 8.23. The Hall–Kier alpha value is -1.16. The summed E-state index contributed by atoms with van der Waals surface area (Å²) < 4.78 is 5.32. The van der Waals surface area contributed by atoms with Crippen molar-refractivity contribution in [3.8, 4) is 0 Å². The minimum atomic E-state index is 0.717. The van der Waals surface area contributed by atoms with Crippen molar-refractivity contribution in [3.05, 3.63) is 18.1 Å². The van der Waals surface area contributed by atoms with Gasteiger partial charge in [-0.25, -0.2) is 9.97 Å². The maximum absolute atomic E-state index is 5.32. The summed E-state index contributed by atoms with van der Waals surface area (Å²) in [6, 6.07) is 1.97. The molecule has 0 spiro atoms. The third-order valence-electron chi connectivity index (χ3n) is 2.72. The van der Waals surface area contributed by atoms with Gasteiger partial charge in [0.05, 0.1) is 0 Å². The van der Waals surface area contributed by atoms with Crippen LogP contribution in [0.1, 0.15) is 32.4 Å². The van der Waals surface area contributed by atoms with Crippen LogP contribution >= 0.6 is 0 Å². The number of aryl methyl sites for hydroxylation is 1. The van der Waals surface area contributed by atoms with E-state index in [-0.39, 0.29) is 0 Å². The van der Waals surface area contributed by atoms with Crippen LogP contribution in [0.15, 0.2) is 12.4 Å². The van der Waals surface area contributed by atoms with Crippen molar-refractivity contribution in [2.45, 2.75) is 33.6 Å². The van der Waals surface area contributed by atoms with Crippen LogP contribution in [0.4, 0.5) is 5.82 Å². The lowest BCUT2D eigenvalue weighted by Crippen LogP contribution is -2.22. The van der Waals surface area contributed by atoms with Gasteiger partial charge in [-0.3, -0.25) is 0 Å². The summed E-state index contributed by atoms with van der Waals surface area (Å²) in [5.74, 6) is 1.64. The van der Waals surface area contributed by atoms with Crippen molar-refractivity contribution in [3.63, 3.8) is 0 Å². The number of ether oxygens (including phenoxy) is 1. The first-order valence-electron chi connectivity index (χ1n) is 6.45. The average molecular weight is 237 g/mol. The van der Waals surface area contributed by atoms with E-state index in [0.717, 1.165) is 44.1 Å². The molecule has 0 unspecified atom stereocenters. The highest BCUT2D eigenvalue weighted by atomic mass is 16.5. The molecule has 1 fully saturated rings. The third-order valence-corrected chi connectivity index (χ3v) is 2.72. The Labute approximate surface area is 104 Å². The van der Waals surface area contributed by atoms with Gasteiger partial charge in [-0.05, 0) is 25.7 Å². The fourth-order valence-electron chi connectivity index (χ4n) is 1.75. The zero-order valence-corrected chi connectivity index (χ0v) is 11.1. The average Bonchev–Trinajstić information content (AvgIpc) is 2.40. The monoisotopic (exact) mass is 237 g/mol. The van der Waals surface area contributed by atoms with E-state index in [0.29, 0.717) is 5.92 Å². The Morgan fingerprint density at radius 3 is 2.65 bits per heavy atom. The lowest BCUT2D eigenvalue weighted by atomic mass is 10.0. The number of anilines is 1. The van der Waals surface area contributed by atoms with Gasteiger partial charge in [0.2, 0.25) is 0 Å². The molecule has 0 atom stereocenters. The van der Waals surface area contributed by atoms with Crippen LogP contribution in [0, 0.1) is 12.8 Å². The second-order valence-electron chi connectivity index (χ2n) is 3.98. The van der Waals surface area contributed by atoms with Gasteiger partial charge in [-0.15, -0.1) is 0 Å². The number of nitrogens with zero attached hydrogens (tertiary/aromatic N) is 2. The van der Waals surface area contributed by atoms with Gasteiger partial charge in [0.15, 0.2) is 0 Å². The molecule has 0 saturated carbocycles. The Bertz CT molecular complexity index is 311. The molecule has 2 rings (SSSR count). The van der Waals surface area contributed by atoms with Gasteiger partial charge >= 0.3 is 0 Å². The van der Waals surface area contributed by atoms with Crippen molar-refractivity contribution in [2.24, 2.45) is 5.92 Å². The van der Waals surface area contributed by atoms with Crippen LogP contribution < -0.4 is 5.32 Å². The zero-order chi connectivity index (χ0) is 12.5. The van der Waals surface area contributed by atoms with Gasteiger partial charge in [-0.1, -0.05) is 13.8 Å². The van der Waals surface area contributed by atoms with E-state index in [9.17, 15) is 0 Å². The topological polar surface area (TPSA) is 47.0 Å². The predicted octanol–water partition coefficient (Wildman–Crippen LogP) is 2.65. The van der Waals surface area contributed by atoms with Crippen molar-refractivity contribution in [1.29, 1.82) is 0 Å². The molecule has 4 heteroatoms. The maximum atomic E-state index is 5.32. The van der Waals surface area contributed by atoms with Crippen molar-refractivity contribution in [1.82, 2.24) is 9.97 Å². The molecule has 1 aromatic heterocycles. The highest BCUT2D eigenvalue weighted by Crippen LogP contribution is 2.15. The van der Waals surface area contributed by atoms with E-state index in [2.05, 4.69) is 15.3 Å². The van der Waals surface area contributed by atoms with E-state index in [1.807, 2.05) is 26.8 Å². The van der Waals surface area contributed by atoms with Gasteiger partial charge in [-0.2, -0.15) is 0 Å². The Morgan fingerprint density at radius 2 is 2.00 bits per heavy atom. The molecular weight excluding hydrogens is 214 g/mol. The number of aromatic nitrogens is 2. The van der Waals surface area contributed by atoms with Crippen LogP contribution in [-0.2, 0) is 4.74 Å². The highest BCUT2D eigenvalue weighted by Gasteiger charge is 2.13. The molecule has 0 aliphatic carbocycles. The molecule has 1 N–H and O–H groups in total. The summed E-state index contributed by atoms with van der Waals surface area (Å²) >= 11 is 0. The number of nitrogens with one attached hydrogen (secondary N) is 1. The van der Waals surface area contributed by atoms with E-state index in [1.54, 1.807) is 6.33 Å². The van der Waals surface area contributed by atoms with E-state index in [4.69, 9.17) is 4.74 Å². The molecule has 0 aromatic carbocycles. The van der Waals surface area contributed by atoms with Crippen LogP contribution in [0.25, 0.3) is 0 Å². The molecule has 1 aliphatic heterocycles. The van der Waals surface area contributed by atoms with Crippen molar-refractivity contribution >= 4 is 5.82 Å². The van der Waals surface area contributed by atoms with E-state index >= 15 is 0 Å². The van der Waals surface area contributed by atoms with Crippen LogP contribution in [-0.4, -0.2) is 29.7 Å². The number of hydrogen-bond acceptors (Lipinski definition) is 4. The molecule has 1 saturated heterocycles. The highest BCUT2D eigenvalue weighted by molar-refractivity contribution is 5.34. The minimum absolute atomic E-state index is 0.717. The lowest BCUT2D eigenvalue weighted by Gasteiger charge is -2.22. The fourth-order valence-corrected chi connectivity index (χ4v) is 1.75. The summed E-state index contributed by atoms with van der Waals surface area (Å²) in [5, 5.41) is 3.35. The second kappa shape index (κ2) is 8.01. The van der Waals surface area contributed by atoms with Crippen molar-refractivity contribution < 1.29 is 4.74 Å². The van der Waals surface area contributed by atoms with E-state index < -0.39 is 0 Å². The lowest BCUT2D eigenvalue weighted by molar-refractivity contribution is 0.0699. The first kappa shape index (κ1) is 13.9. The Balaban J connectivity index is 0.000000686. The molecule has 4 nitrogen and oxygen atoms in total. The molecule has 17 heavy (non-hydrogen) atoms. The number of hydrogen-bond donors (Lipinski definition) is 1. The quantitative estimate of drug-likeness (QED) is 0.878. The van der Waals surface area contributed by atoms with Gasteiger partial charge in [0.1, 0.15) is 12.1 Å². The molecule has 2 heterocycles. The predicted molar refractivity (Wildman–Crippen MR) is 70.1 cm³/mol. The Morgan fingerprint density at radius 1 is 1.29 bits per heavy atom. The van der Waals surface area contributed by atoms with Gasteiger partial charge in [0.25, 0.3) is 0 Å².